The molecule has 1 heterocycles. The van der Waals surface area contributed by atoms with Crippen LogP contribution in [0.4, 0.5) is 0 Å². The maximum atomic E-state index is 12.5. The molecule has 4 rings (SSSR count). The Morgan fingerprint density at radius 1 is 1.19 bits per heavy atom. The molecule has 0 saturated heterocycles. The molecule has 0 radical (unpaired) electrons. The van der Waals surface area contributed by atoms with Gasteiger partial charge < -0.3 is 18.6 Å². The third-order valence-electron chi connectivity index (χ3n) is 5.57. The average Bonchev–Trinajstić information content (AvgIpc) is 2.75. The summed E-state index contributed by atoms with van der Waals surface area (Å²) in [5, 5.41) is 0.797. The van der Waals surface area contributed by atoms with E-state index in [2.05, 4.69) is 15.9 Å². The lowest BCUT2D eigenvalue weighted by atomic mass is 9.82. The molecule has 3 aromatic rings. The largest absolute Gasteiger partial charge is 0.491 e. The number of carbonyl (C=O) groups excluding carboxylic acids is 1. The van der Waals surface area contributed by atoms with Crippen LogP contribution in [0.5, 0.6) is 5.75 Å². The third kappa shape index (κ3) is 4.70. The Hall–Kier alpha value is -2.35. The molecule has 0 amide bonds. The molecule has 32 heavy (non-hydrogen) atoms. The van der Waals surface area contributed by atoms with Crippen LogP contribution in [-0.4, -0.2) is 32.4 Å². The van der Waals surface area contributed by atoms with Gasteiger partial charge in [-0.2, -0.15) is 0 Å². The van der Waals surface area contributed by atoms with Gasteiger partial charge in [-0.05, 0) is 71.6 Å². The van der Waals surface area contributed by atoms with Gasteiger partial charge in [0, 0.05) is 16.1 Å². The summed E-state index contributed by atoms with van der Waals surface area (Å²) in [6.07, 6.45) is 1.46. The summed E-state index contributed by atoms with van der Waals surface area (Å²) in [5.74, 6) is 0.939. The fourth-order valence-corrected chi connectivity index (χ4v) is 4.21. The van der Waals surface area contributed by atoms with Crippen molar-refractivity contribution >= 4 is 44.5 Å². The molecule has 1 aromatic heterocycles. The standard InChI is InChI=1S/C24H22BrClO6/c1-13-9-14(21-12-19(27)17-4-5-18(25)22(26)23(17)32-21)3-6-20(13)31-8-7-30-16-10-15(11-16)24(28)29-2/h3-6,9,12,15-16H,7-8,10-11H2,1-2H3. The number of ether oxygens (including phenoxy) is 3. The topological polar surface area (TPSA) is 75.0 Å². The van der Waals surface area contributed by atoms with E-state index in [0.717, 1.165) is 16.9 Å². The predicted octanol–water partition coefficient (Wildman–Crippen LogP) is 5.53. The normalized spacial score (nSPS) is 17.8. The summed E-state index contributed by atoms with van der Waals surface area (Å²) >= 11 is 9.68. The highest BCUT2D eigenvalue weighted by molar-refractivity contribution is 9.10. The van der Waals surface area contributed by atoms with Crippen LogP contribution in [0.15, 0.2) is 50.1 Å². The fourth-order valence-electron chi connectivity index (χ4n) is 3.70. The van der Waals surface area contributed by atoms with Gasteiger partial charge in [0.05, 0.1) is 36.1 Å². The van der Waals surface area contributed by atoms with Gasteiger partial charge in [-0.3, -0.25) is 9.59 Å². The number of halogens is 2. The van der Waals surface area contributed by atoms with Crippen molar-refractivity contribution in [2.75, 3.05) is 20.3 Å². The van der Waals surface area contributed by atoms with E-state index in [4.69, 9.17) is 30.2 Å². The second-order valence-electron chi connectivity index (χ2n) is 7.73. The molecule has 0 unspecified atom stereocenters. The number of aryl methyl sites for hydroxylation is 1. The van der Waals surface area contributed by atoms with Gasteiger partial charge in [0.25, 0.3) is 0 Å². The predicted molar refractivity (Wildman–Crippen MR) is 125 cm³/mol. The zero-order valence-electron chi connectivity index (χ0n) is 17.7. The number of methoxy groups -OCH3 is 1. The highest BCUT2D eigenvalue weighted by atomic mass is 79.9. The number of hydrogen-bond acceptors (Lipinski definition) is 6. The van der Waals surface area contributed by atoms with E-state index < -0.39 is 0 Å². The Kier molecular flexibility index (Phi) is 6.88. The van der Waals surface area contributed by atoms with E-state index >= 15 is 0 Å². The Balaban J connectivity index is 1.39. The second-order valence-corrected chi connectivity index (χ2v) is 8.96. The highest BCUT2D eigenvalue weighted by Gasteiger charge is 2.35. The van der Waals surface area contributed by atoms with Crippen LogP contribution >= 0.6 is 27.5 Å². The average molecular weight is 522 g/mol. The molecule has 1 aliphatic carbocycles. The Labute approximate surface area is 198 Å². The minimum Gasteiger partial charge on any atom is -0.491 e. The lowest BCUT2D eigenvalue weighted by molar-refractivity contribution is -0.155. The van der Waals surface area contributed by atoms with Crippen molar-refractivity contribution in [3.05, 3.63) is 61.7 Å². The highest BCUT2D eigenvalue weighted by Crippen LogP contribution is 2.34. The lowest BCUT2D eigenvalue weighted by Crippen LogP contribution is -2.37. The van der Waals surface area contributed by atoms with Gasteiger partial charge >= 0.3 is 5.97 Å². The SMILES string of the molecule is COC(=O)C1CC(OCCOc2ccc(-c3cc(=O)c4ccc(Br)c(Cl)c4o3)cc2C)C1. The van der Waals surface area contributed by atoms with Crippen LogP contribution in [0.3, 0.4) is 0 Å². The van der Waals surface area contributed by atoms with Crippen molar-refractivity contribution in [1.82, 2.24) is 0 Å². The van der Waals surface area contributed by atoms with Gasteiger partial charge in [0.2, 0.25) is 0 Å². The first-order chi connectivity index (χ1) is 15.4. The summed E-state index contributed by atoms with van der Waals surface area (Å²) in [6.45, 7) is 2.76. The molecule has 0 atom stereocenters. The Morgan fingerprint density at radius 2 is 1.97 bits per heavy atom. The molecule has 0 N–H and O–H groups in total. The van der Waals surface area contributed by atoms with Crippen LogP contribution in [0.2, 0.25) is 5.02 Å². The van der Waals surface area contributed by atoms with Gasteiger partial charge in [-0.15, -0.1) is 0 Å². The Morgan fingerprint density at radius 3 is 2.69 bits per heavy atom. The van der Waals surface area contributed by atoms with Crippen LogP contribution in [0.25, 0.3) is 22.3 Å². The fraction of sp³-hybridized carbons (Fsp3) is 0.333. The second kappa shape index (κ2) is 9.65. The Bertz CT molecular complexity index is 1220. The van der Waals surface area contributed by atoms with Crippen molar-refractivity contribution in [2.24, 2.45) is 5.92 Å². The molecule has 1 aliphatic rings. The van der Waals surface area contributed by atoms with Crippen molar-refractivity contribution in [3.63, 3.8) is 0 Å². The van der Waals surface area contributed by atoms with E-state index in [1.54, 1.807) is 12.1 Å². The van der Waals surface area contributed by atoms with E-state index in [0.29, 0.717) is 52.3 Å². The van der Waals surface area contributed by atoms with E-state index in [9.17, 15) is 9.59 Å². The van der Waals surface area contributed by atoms with E-state index in [1.807, 2.05) is 25.1 Å². The van der Waals surface area contributed by atoms with Crippen LogP contribution in [-0.2, 0) is 14.3 Å². The maximum Gasteiger partial charge on any atom is 0.308 e. The zero-order chi connectivity index (χ0) is 22.8. The van der Waals surface area contributed by atoms with Crippen molar-refractivity contribution in [1.29, 1.82) is 0 Å². The molecule has 1 saturated carbocycles. The first-order valence-corrected chi connectivity index (χ1v) is 11.4. The first-order valence-electron chi connectivity index (χ1n) is 10.2. The molecule has 168 valence electrons. The molecule has 8 heteroatoms. The van der Waals surface area contributed by atoms with Crippen molar-refractivity contribution in [3.8, 4) is 17.1 Å². The minimum atomic E-state index is -0.172. The van der Waals surface area contributed by atoms with Crippen molar-refractivity contribution in [2.45, 2.75) is 25.9 Å². The van der Waals surface area contributed by atoms with Crippen LogP contribution in [0, 0.1) is 12.8 Å². The summed E-state index contributed by atoms with van der Waals surface area (Å²) in [4.78, 5) is 23.9. The monoisotopic (exact) mass is 520 g/mol. The third-order valence-corrected chi connectivity index (χ3v) is 6.84. The number of carbonyl (C=O) groups is 1. The molecule has 0 aliphatic heterocycles. The smallest absolute Gasteiger partial charge is 0.308 e. The molecule has 0 bridgehead atoms. The number of hydrogen-bond donors (Lipinski definition) is 0. The lowest BCUT2D eigenvalue weighted by Gasteiger charge is -2.32. The first kappa shape index (κ1) is 22.8. The molecule has 6 nitrogen and oxygen atoms in total. The van der Waals surface area contributed by atoms with Gasteiger partial charge in [0.1, 0.15) is 18.1 Å². The molecule has 0 spiro atoms. The van der Waals surface area contributed by atoms with Crippen molar-refractivity contribution < 1.29 is 23.4 Å². The van der Waals surface area contributed by atoms with Crippen LogP contribution < -0.4 is 10.2 Å². The number of benzene rings is 2. The van der Waals surface area contributed by atoms with Gasteiger partial charge in [0.15, 0.2) is 11.0 Å². The van der Waals surface area contributed by atoms with Gasteiger partial charge in [-0.1, -0.05) is 11.6 Å². The summed E-state index contributed by atoms with van der Waals surface area (Å²) in [5.41, 5.74) is 1.85. The molecular formula is C24H22BrClO6. The van der Waals surface area contributed by atoms with Crippen LogP contribution in [0.1, 0.15) is 18.4 Å². The van der Waals surface area contributed by atoms with Gasteiger partial charge in [-0.25, -0.2) is 0 Å². The molecular weight excluding hydrogens is 500 g/mol. The maximum absolute atomic E-state index is 12.5. The molecule has 2 aromatic carbocycles. The van der Waals surface area contributed by atoms with E-state index in [-0.39, 0.29) is 23.4 Å². The summed E-state index contributed by atoms with van der Waals surface area (Å²) in [7, 11) is 1.40. The molecule has 1 fully saturated rings. The number of rotatable bonds is 7. The zero-order valence-corrected chi connectivity index (χ0v) is 20.0. The number of esters is 1. The number of fused-ring (bicyclic) bond motifs is 1. The van der Waals surface area contributed by atoms with E-state index in [1.165, 1.54) is 13.2 Å². The summed E-state index contributed by atoms with van der Waals surface area (Å²) in [6, 6.07) is 10.5. The quantitative estimate of drug-likeness (QED) is 0.301. The minimum absolute atomic E-state index is 0.0492. The summed E-state index contributed by atoms with van der Waals surface area (Å²) < 4.78 is 22.9.